The summed E-state index contributed by atoms with van der Waals surface area (Å²) in [6.45, 7) is 2.41. The molecule has 3 aromatic carbocycles. The van der Waals surface area contributed by atoms with Crippen molar-refractivity contribution in [1.82, 2.24) is 0 Å². The van der Waals surface area contributed by atoms with Gasteiger partial charge in [0.1, 0.15) is 5.82 Å². The monoisotopic (exact) mass is 362 g/mol. The largest absolute Gasteiger partial charge is 0.322 e. The molecule has 0 aliphatic heterocycles. The number of hydrogen-bond donors (Lipinski definition) is 1. The Morgan fingerprint density at radius 3 is 2.33 bits per heavy atom. The Kier molecular flexibility index (Phi) is 5.61. The predicted octanol–water partition coefficient (Wildman–Crippen LogP) is 4.74. The highest BCUT2D eigenvalue weighted by molar-refractivity contribution is 6.08. The highest BCUT2D eigenvalue weighted by Gasteiger charge is 2.17. The number of anilines is 2. The van der Waals surface area contributed by atoms with Crippen LogP contribution in [0.2, 0.25) is 0 Å². The van der Waals surface area contributed by atoms with E-state index in [2.05, 4.69) is 5.32 Å². The maximum atomic E-state index is 13.8. The third kappa shape index (κ3) is 4.20. The van der Waals surface area contributed by atoms with Crippen molar-refractivity contribution in [3.63, 3.8) is 0 Å². The zero-order chi connectivity index (χ0) is 19.2. The molecule has 0 spiro atoms. The first-order valence-corrected chi connectivity index (χ1v) is 8.63. The average Bonchev–Trinajstić information content (AvgIpc) is 2.70. The third-order valence-corrected chi connectivity index (χ3v) is 4.12. The zero-order valence-electron chi connectivity index (χ0n) is 14.9. The van der Waals surface area contributed by atoms with Gasteiger partial charge in [-0.2, -0.15) is 0 Å². The minimum atomic E-state index is -0.594. The lowest BCUT2D eigenvalue weighted by Crippen LogP contribution is -2.30. The molecule has 0 saturated carbocycles. The maximum Gasteiger partial charge on any atom is 0.258 e. The molecule has 0 aliphatic carbocycles. The normalized spacial score (nSPS) is 10.3. The van der Waals surface area contributed by atoms with E-state index in [0.717, 1.165) is 5.69 Å². The van der Waals surface area contributed by atoms with E-state index in [1.807, 2.05) is 37.3 Å². The Labute approximate surface area is 157 Å². The highest BCUT2D eigenvalue weighted by Crippen LogP contribution is 2.19. The summed E-state index contributed by atoms with van der Waals surface area (Å²) < 4.78 is 13.8. The van der Waals surface area contributed by atoms with Crippen molar-refractivity contribution in [3.8, 4) is 0 Å². The Morgan fingerprint density at radius 1 is 0.926 bits per heavy atom. The van der Waals surface area contributed by atoms with Crippen LogP contribution in [0.3, 0.4) is 0 Å². The number of hydrogen-bond acceptors (Lipinski definition) is 2. The Bertz CT molecular complexity index is 957. The van der Waals surface area contributed by atoms with Crippen molar-refractivity contribution in [1.29, 1.82) is 0 Å². The quantitative estimate of drug-likeness (QED) is 0.712. The average molecular weight is 362 g/mol. The van der Waals surface area contributed by atoms with Crippen LogP contribution in [-0.2, 0) is 0 Å². The van der Waals surface area contributed by atoms with Gasteiger partial charge in [-0.25, -0.2) is 4.39 Å². The summed E-state index contributed by atoms with van der Waals surface area (Å²) >= 11 is 0. The molecular weight excluding hydrogens is 343 g/mol. The fraction of sp³-hybridized carbons (Fsp3) is 0.0909. The molecule has 3 aromatic rings. The Morgan fingerprint density at radius 2 is 1.63 bits per heavy atom. The zero-order valence-corrected chi connectivity index (χ0v) is 14.9. The fourth-order valence-electron chi connectivity index (χ4n) is 2.78. The topological polar surface area (TPSA) is 49.4 Å². The summed E-state index contributed by atoms with van der Waals surface area (Å²) in [5.41, 5.74) is 1.62. The summed E-state index contributed by atoms with van der Waals surface area (Å²) in [6.07, 6.45) is 0. The van der Waals surface area contributed by atoms with Crippen LogP contribution in [0.1, 0.15) is 27.6 Å². The number of amides is 2. The molecule has 0 unspecified atom stereocenters. The maximum absolute atomic E-state index is 13.8. The SMILES string of the molecule is CCN(C(=O)c1cccc(NC(=O)c2ccccc2F)c1)c1ccccc1. The van der Waals surface area contributed by atoms with E-state index in [1.54, 1.807) is 35.2 Å². The van der Waals surface area contributed by atoms with Gasteiger partial charge in [0.2, 0.25) is 0 Å². The van der Waals surface area contributed by atoms with Gasteiger partial charge < -0.3 is 10.2 Å². The summed E-state index contributed by atoms with van der Waals surface area (Å²) in [5, 5.41) is 2.64. The lowest BCUT2D eigenvalue weighted by molar-refractivity contribution is 0.0985. The van der Waals surface area contributed by atoms with Gasteiger partial charge in [0, 0.05) is 23.5 Å². The van der Waals surface area contributed by atoms with Gasteiger partial charge in [-0.1, -0.05) is 36.4 Å². The van der Waals surface area contributed by atoms with Crippen LogP contribution in [-0.4, -0.2) is 18.4 Å². The van der Waals surface area contributed by atoms with Crippen molar-refractivity contribution in [2.75, 3.05) is 16.8 Å². The van der Waals surface area contributed by atoms with Crippen molar-refractivity contribution < 1.29 is 14.0 Å². The second-order valence-corrected chi connectivity index (χ2v) is 5.90. The second kappa shape index (κ2) is 8.27. The van der Waals surface area contributed by atoms with E-state index >= 15 is 0 Å². The number of carbonyl (C=O) groups excluding carboxylic acids is 2. The van der Waals surface area contributed by atoms with Crippen LogP contribution < -0.4 is 10.2 Å². The van der Waals surface area contributed by atoms with Crippen molar-refractivity contribution in [3.05, 3.63) is 95.8 Å². The molecule has 3 rings (SSSR count). The van der Waals surface area contributed by atoms with Gasteiger partial charge >= 0.3 is 0 Å². The van der Waals surface area contributed by atoms with Gasteiger partial charge in [0.25, 0.3) is 11.8 Å². The van der Waals surface area contributed by atoms with Crippen LogP contribution in [0.5, 0.6) is 0 Å². The molecule has 0 heterocycles. The molecule has 2 amide bonds. The molecule has 0 atom stereocenters. The molecule has 0 bridgehead atoms. The van der Waals surface area contributed by atoms with E-state index < -0.39 is 11.7 Å². The molecule has 1 N–H and O–H groups in total. The van der Waals surface area contributed by atoms with Gasteiger partial charge in [-0.3, -0.25) is 9.59 Å². The molecule has 5 heteroatoms. The third-order valence-electron chi connectivity index (χ3n) is 4.12. The van der Waals surface area contributed by atoms with Crippen molar-refractivity contribution in [2.24, 2.45) is 0 Å². The van der Waals surface area contributed by atoms with E-state index in [0.29, 0.717) is 17.8 Å². The summed E-state index contributed by atoms with van der Waals surface area (Å²) in [7, 11) is 0. The number of rotatable bonds is 5. The van der Waals surface area contributed by atoms with Crippen molar-refractivity contribution in [2.45, 2.75) is 6.92 Å². The molecule has 0 fully saturated rings. The van der Waals surface area contributed by atoms with Crippen LogP contribution >= 0.6 is 0 Å². The molecule has 27 heavy (non-hydrogen) atoms. The second-order valence-electron chi connectivity index (χ2n) is 5.90. The molecule has 136 valence electrons. The Balaban J connectivity index is 1.82. The van der Waals surface area contributed by atoms with Gasteiger partial charge in [0.05, 0.1) is 5.56 Å². The number of nitrogens with zero attached hydrogens (tertiary/aromatic N) is 1. The molecule has 0 aromatic heterocycles. The fourth-order valence-corrected chi connectivity index (χ4v) is 2.78. The highest BCUT2D eigenvalue weighted by atomic mass is 19.1. The molecular formula is C22H19FN2O2. The molecule has 0 aliphatic rings. The number of para-hydroxylation sites is 1. The lowest BCUT2D eigenvalue weighted by Gasteiger charge is -2.21. The lowest BCUT2D eigenvalue weighted by atomic mass is 10.1. The number of carbonyl (C=O) groups is 2. The van der Waals surface area contributed by atoms with Crippen LogP contribution in [0.15, 0.2) is 78.9 Å². The van der Waals surface area contributed by atoms with Gasteiger partial charge in [-0.15, -0.1) is 0 Å². The van der Waals surface area contributed by atoms with Crippen LogP contribution in [0.25, 0.3) is 0 Å². The molecule has 0 radical (unpaired) electrons. The number of nitrogens with one attached hydrogen (secondary N) is 1. The Hall–Kier alpha value is -3.47. The summed E-state index contributed by atoms with van der Waals surface area (Å²) in [4.78, 5) is 26.8. The van der Waals surface area contributed by atoms with E-state index in [1.165, 1.54) is 18.2 Å². The smallest absolute Gasteiger partial charge is 0.258 e. The summed E-state index contributed by atoms with van der Waals surface area (Å²) in [6, 6.07) is 21.7. The van der Waals surface area contributed by atoms with Crippen molar-refractivity contribution >= 4 is 23.2 Å². The van der Waals surface area contributed by atoms with Gasteiger partial charge in [-0.05, 0) is 49.4 Å². The standard InChI is InChI=1S/C22H19FN2O2/c1-2-25(18-11-4-3-5-12-18)22(27)16-9-8-10-17(15-16)24-21(26)19-13-6-7-14-20(19)23/h3-15H,2H2,1H3,(H,24,26). The minimum Gasteiger partial charge on any atom is -0.322 e. The number of benzene rings is 3. The first kappa shape index (κ1) is 18.3. The van der Waals surface area contributed by atoms with Crippen LogP contribution in [0, 0.1) is 5.82 Å². The van der Waals surface area contributed by atoms with E-state index in [4.69, 9.17) is 0 Å². The first-order valence-electron chi connectivity index (χ1n) is 8.63. The minimum absolute atomic E-state index is 0.0475. The van der Waals surface area contributed by atoms with Crippen LogP contribution in [0.4, 0.5) is 15.8 Å². The first-order chi connectivity index (χ1) is 13.1. The molecule has 4 nitrogen and oxygen atoms in total. The predicted molar refractivity (Wildman–Crippen MR) is 105 cm³/mol. The van der Waals surface area contributed by atoms with Gasteiger partial charge in [0.15, 0.2) is 0 Å². The van der Waals surface area contributed by atoms with E-state index in [-0.39, 0.29) is 11.5 Å². The summed E-state index contributed by atoms with van der Waals surface area (Å²) in [5.74, 6) is -1.33. The number of halogens is 1. The van der Waals surface area contributed by atoms with E-state index in [9.17, 15) is 14.0 Å². The molecule has 0 saturated heterocycles.